The molecule has 0 spiro atoms. The first-order valence-electron chi connectivity index (χ1n) is 6.36. The Morgan fingerprint density at radius 1 is 1.20 bits per heavy atom. The third-order valence-electron chi connectivity index (χ3n) is 2.96. The highest BCUT2D eigenvalue weighted by molar-refractivity contribution is 5.98. The van der Waals surface area contributed by atoms with Crippen molar-refractivity contribution >= 4 is 5.91 Å². The van der Waals surface area contributed by atoms with Gasteiger partial charge in [-0.1, -0.05) is 6.92 Å². The topological polar surface area (TPSA) is 82.8 Å². The highest BCUT2D eigenvalue weighted by Crippen LogP contribution is 2.39. The lowest BCUT2D eigenvalue weighted by Crippen LogP contribution is -2.31. The van der Waals surface area contributed by atoms with Crippen LogP contribution < -0.4 is 25.3 Å². The Labute approximate surface area is 119 Å². The maximum absolute atomic E-state index is 12.2. The summed E-state index contributed by atoms with van der Waals surface area (Å²) >= 11 is 0. The Hall–Kier alpha value is -1.95. The fourth-order valence-corrected chi connectivity index (χ4v) is 1.73. The van der Waals surface area contributed by atoms with Crippen molar-refractivity contribution in [3.8, 4) is 17.2 Å². The molecule has 6 nitrogen and oxygen atoms in total. The second kappa shape index (κ2) is 7.59. The molecule has 0 aromatic heterocycles. The number of hydrogen-bond donors (Lipinski definition) is 2. The number of carbonyl (C=O) groups excluding carboxylic acids is 1. The maximum atomic E-state index is 12.2. The van der Waals surface area contributed by atoms with Gasteiger partial charge in [0.25, 0.3) is 5.91 Å². The average molecular weight is 282 g/mol. The van der Waals surface area contributed by atoms with E-state index in [1.165, 1.54) is 21.3 Å². The molecule has 0 fully saturated rings. The largest absolute Gasteiger partial charge is 0.493 e. The van der Waals surface area contributed by atoms with Gasteiger partial charge in [0.1, 0.15) is 0 Å². The van der Waals surface area contributed by atoms with Gasteiger partial charge in [0, 0.05) is 6.54 Å². The molecule has 6 heteroatoms. The minimum absolute atomic E-state index is 0.213. The zero-order valence-electron chi connectivity index (χ0n) is 12.4. The molecule has 1 amide bonds. The number of methoxy groups -OCH3 is 3. The van der Waals surface area contributed by atoms with Gasteiger partial charge in [0.15, 0.2) is 11.5 Å². The Balaban J connectivity index is 3.02. The lowest BCUT2D eigenvalue weighted by atomic mass is 10.1. The van der Waals surface area contributed by atoms with Gasteiger partial charge in [-0.2, -0.15) is 0 Å². The van der Waals surface area contributed by atoms with E-state index < -0.39 is 0 Å². The molecule has 1 aromatic rings. The summed E-state index contributed by atoms with van der Waals surface area (Å²) in [5.74, 6) is 1.24. The average Bonchev–Trinajstić information content (AvgIpc) is 2.50. The van der Waals surface area contributed by atoms with Gasteiger partial charge in [0.2, 0.25) is 5.75 Å². The normalized spacial score (nSPS) is 11.7. The molecule has 0 saturated carbocycles. The van der Waals surface area contributed by atoms with Crippen LogP contribution in [-0.2, 0) is 0 Å². The summed E-state index contributed by atoms with van der Waals surface area (Å²) in [5.41, 5.74) is 5.92. The van der Waals surface area contributed by atoms with E-state index in [1.807, 2.05) is 6.92 Å². The summed E-state index contributed by atoms with van der Waals surface area (Å²) in [6.07, 6.45) is 0. The van der Waals surface area contributed by atoms with E-state index in [2.05, 4.69) is 5.32 Å². The predicted molar refractivity (Wildman–Crippen MR) is 76.6 cm³/mol. The molecule has 0 radical (unpaired) electrons. The van der Waals surface area contributed by atoms with Crippen LogP contribution in [0.15, 0.2) is 12.1 Å². The molecule has 0 saturated heterocycles. The maximum Gasteiger partial charge on any atom is 0.255 e. The van der Waals surface area contributed by atoms with Crippen LogP contribution in [0, 0.1) is 5.92 Å². The van der Waals surface area contributed by atoms with Crippen LogP contribution in [0.1, 0.15) is 17.3 Å². The van der Waals surface area contributed by atoms with Crippen LogP contribution in [0.25, 0.3) is 0 Å². The summed E-state index contributed by atoms with van der Waals surface area (Å²) < 4.78 is 15.7. The molecule has 0 bridgehead atoms. The molecule has 20 heavy (non-hydrogen) atoms. The standard InChI is InChI=1S/C14H22N2O4/c1-9(7-15)8-16-14(17)10-5-6-11(18-2)13(20-4)12(10)19-3/h5-6,9H,7-8,15H2,1-4H3,(H,16,17). The zero-order chi connectivity index (χ0) is 15.1. The number of benzene rings is 1. The van der Waals surface area contributed by atoms with Crippen molar-refractivity contribution in [1.82, 2.24) is 5.32 Å². The second-order valence-electron chi connectivity index (χ2n) is 4.43. The van der Waals surface area contributed by atoms with Gasteiger partial charge in [0.05, 0.1) is 26.9 Å². The van der Waals surface area contributed by atoms with Crippen LogP contribution in [0.2, 0.25) is 0 Å². The van der Waals surface area contributed by atoms with Crippen molar-refractivity contribution in [2.75, 3.05) is 34.4 Å². The molecule has 112 valence electrons. The number of carbonyl (C=O) groups is 1. The molecule has 1 aromatic carbocycles. The van der Waals surface area contributed by atoms with E-state index in [-0.39, 0.29) is 11.8 Å². The summed E-state index contributed by atoms with van der Waals surface area (Å²) in [6.45, 7) is 2.99. The highest BCUT2D eigenvalue weighted by Gasteiger charge is 2.20. The van der Waals surface area contributed by atoms with E-state index in [0.29, 0.717) is 35.9 Å². The van der Waals surface area contributed by atoms with Crippen LogP contribution in [0.5, 0.6) is 17.2 Å². The number of rotatable bonds is 7. The van der Waals surface area contributed by atoms with Crippen molar-refractivity contribution in [2.24, 2.45) is 11.7 Å². The number of nitrogens with two attached hydrogens (primary N) is 1. The SMILES string of the molecule is COc1ccc(C(=O)NCC(C)CN)c(OC)c1OC. The van der Waals surface area contributed by atoms with Crippen LogP contribution in [0.4, 0.5) is 0 Å². The summed E-state index contributed by atoms with van der Waals surface area (Å²) in [7, 11) is 4.51. The molecule has 1 rings (SSSR count). The first-order valence-corrected chi connectivity index (χ1v) is 6.36. The van der Waals surface area contributed by atoms with Crippen molar-refractivity contribution in [2.45, 2.75) is 6.92 Å². The van der Waals surface area contributed by atoms with Gasteiger partial charge in [-0.3, -0.25) is 4.79 Å². The first-order chi connectivity index (χ1) is 9.58. The number of hydrogen-bond acceptors (Lipinski definition) is 5. The molecule has 0 aliphatic carbocycles. The number of ether oxygens (including phenoxy) is 3. The third-order valence-corrected chi connectivity index (χ3v) is 2.96. The van der Waals surface area contributed by atoms with E-state index >= 15 is 0 Å². The molecular weight excluding hydrogens is 260 g/mol. The van der Waals surface area contributed by atoms with Crippen molar-refractivity contribution < 1.29 is 19.0 Å². The fraction of sp³-hybridized carbons (Fsp3) is 0.500. The summed E-state index contributed by atoms with van der Waals surface area (Å²) in [6, 6.07) is 3.31. The van der Waals surface area contributed by atoms with Crippen molar-refractivity contribution in [3.05, 3.63) is 17.7 Å². The molecule has 0 aliphatic rings. The Kier molecular flexibility index (Phi) is 6.11. The van der Waals surface area contributed by atoms with Crippen LogP contribution in [-0.4, -0.2) is 40.3 Å². The molecular formula is C14H22N2O4. The van der Waals surface area contributed by atoms with Crippen LogP contribution >= 0.6 is 0 Å². The van der Waals surface area contributed by atoms with Gasteiger partial charge < -0.3 is 25.3 Å². The van der Waals surface area contributed by atoms with Gasteiger partial charge in [-0.05, 0) is 24.6 Å². The van der Waals surface area contributed by atoms with Crippen molar-refractivity contribution in [3.63, 3.8) is 0 Å². The van der Waals surface area contributed by atoms with E-state index in [9.17, 15) is 4.79 Å². The fourth-order valence-electron chi connectivity index (χ4n) is 1.73. The summed E-state index contributed by atoms with van der Waals surface area (Å²) in [4.78, 5) is 12.2. The minimum atomic E-state index is -0.233. The Morgan fingerprint density at radius 3 is 2.35 bits per heavy atom. The van der Waals surface area contributed by atoms with Crippen molar-refractivity contribution in [1.29, 1.82) is 0 Å². The third kappa shape index (κ3) is 3.54. The molecule has 1 unspecified atom stereocenters. The molecule has 0 aliphatic heterocycles. The van der Waals surface area contributed by atoms with Gasteiger partial charge in [-0.15, -0.1) is 0 Å². The molecule has 0 heterocycles. The summed E-state index contributed by atoms with van der Waals surface area (Å²) in [5, 5.41) is 2.82. The number of nitrogens with one attached hydrogen (secondary N) is 1. The monoisotopic (exact) mass is 282 g/mol. The Morgan fingerprint density at radius 2 is 1.85 bits per heavy atom. The van der Waals surface area contributed by atoms with Gasteiger partial charge in [-0.25, -0.2) is 0 Å². The molecule has 1 atom stereocenters. The van der Waals surface area contributed by atoms with Gasteiger partial charge >= 0.3 is 0 Å². The lowest BCUT2D eigenvalue weighted by molar-refractivity contribution is 0.0944. The Bertz CT molecular complexity index is 463. The molecule has 3 N–H and O–H groups in total. The first kappa shape index (κ1) is 16.1. The van der Waals surface area contributed by atoms with E-state index in [0.717, 1.165) is 0 Å². The lowest BCUT2D eigenvalue weighted by Gasteiger charge is -2.16. The van der Waals surface area contributed by atoms with E-state index in [4.69, 9.17) is 19.9 Å². The quantitative estimate of drug-likeness (QED) is 0.780. The highest BCUT2D eigenvalue weighted by atomic mass is 16.5. The zero-order valence-corrected chi connectivity index (χ0v) is 12.4. The van der Waals surface area contributed by atoms with Crippen LogP contribution in [0.3, 0.4) is 0 Å². The minimum Gasteiger partial charge on any atom is -0.493 e. The second-order valence-corrected chi connectivity index (χ2v) is 4.43. The smallest absolute Gasteiger partial charge is 0.255 e. The predicted octanol–water partition coefficient (Wildman–Crippen LogP) is 1.04. The van der Waals surface area contributed by atoms with E-state index in [1.54, 1.807) is 12.1 Å². The number of amides is 1.